The minimum atomic E-state index is -0.697. The number of hydrogen-bond acceptors (Lipinski definition) is 4. The summed E-state index contributed by atoms with van der Waals surface area (Å²) < 4.78 is 5.49. The van der Waals surface area contributed by atoms with E-state index in [1.54, 1.807) is 0 Å². The SMILES string of the molecule is CC/C=C(\CCC(=O)O)C1=CCC2(C)C(CCC3(C)C2CCC2C4CCCC4(NCC(=O)N4CCOCC4)CC[C@]23C)C1C. The van der Waals surface area contributed by atoms with Gasteiger partial charge in [0.2, 0.25) is 5.91 Å². The molecule has 1 saturated heterocycles. The number of aliphatic carboxylic acids is 1. The average Bonchev–Trinajstić information content (AvgIpc) is 3.43. The van der Waals surface area contributed by atoms with Crippen molar-refractivity contribution in [1.29, 1.82) is 0 Å². The summed E-state index contributed by atoms with van der Waals surface area (Å²) in [5.74, 6) is 2.82. The van der Waals surface area contributed by atoms with Gasteiger partial charge in [0.1, 0.15) is 0 Å². The molecule has 0 aromatic carbocycles. The second-order valence-corrected chi connectivity index (χ2v) is 16.4. The molecule has 8 unspecified atom stereocenters. The summed E-state index contributed by atoms with van der Waals surface area (Å²) in [4.78, 5) is 26.6. The molecular weight excluding hydrogens is 548 g/mol. The predicted molar refractivity (Wildman–Crippen MR) is 175 cm³/mol. The van der Waals surface area contributed by atoms with E-state index < -0.39 is 5.97 Å². The van der Waals surface area contributed by atoms with Crippen molar-refractivity contribution < 1.29 is 19.4 Å². The number of carbonyl (C=O) groups is 2. The smallest absolute Gasteiger partial charge is 0.303 e. The fourth-order valence-electron chi connectivity index (χ4n) is 12.6. The molecule has 6 rings (SSSR count). The van der Waals surface area contributed by atoms with Crippen LogP contribution in [-0.2, 0) is 14.3 Å². The Hall–Kier alpha value is -1.66. The van der Waals surface area contributed by atoms with Crippen LogP contribution in [0.15, 0.2) is 23.3 Å². The molecule has 1 aliphatic heterocycles. The molecule has 5 aliphatic carbocycles. The fraction of sp³-hybridized carbons (Fsp3) is 0.842. The standard InChI is InChI=1S/C38H60N2O4/c1-6-8-27(10-13-34(42)43)28-14-17-35(3)29(26(28)2)15-18-37(5)32(35)12-11-30-31-9-7-16-38(31,20-19-36(30,37)4)39-25-33(41)40-21-23-44-24-22-40/h8,14,26,29-32,39H,6-7,9-13,15-25H2,1-5H3,(H,42,43)/b27-8+/t26?,29?,30?,31?,32?,35?,36-,37?,38?/m1/s1. The van der Waals surface area contributed by atoms with Crippen LogP contribution in [0.2, 0.25) is 0 Å². The van der Waals surface area contributed by atoms with Crippen molar-refractivity contribution in [1.82, 2.24) is 10.2 Å². The van der Waals surface area contributed by atoms with Crippen molar-refractivity contribution in [3.8, 4) is 0 Å². The number of rotatable bonds is 8. The maximum Gasteiger partial charge on any atom is 0.303 e. The van der Waals surface area contributed by atoms with Crippen LogP contribution in [0.1, 0.15) is 118 Å². The van der Waals surface area contributed by atoms with Gasteiger partial charge in [-0.2, -0.15) is 0 Å². The number of amides is 1. The third kappa shape index (κ3) is 5.13. The number of fused-ring (bicyclic) bond motifs is 7. The lowest BCUT2D eigenvalue weighted by atomic mass is 9.34. The largest absolute Gasteiger partial charge is 0.481 e. The number of carboxylic acids is 1. The number of ether oxygens (including phenoxy) is 1. The highest BCUT2D eigenvalue weighted by Crippen LogP contribution is 2.75. The fourth-order valence-corrected chi connectivity index (χ4v) is 12.6. The zero-order chi connectivity index (χ0) is 31.3. The van der Waals surface area contributed by atoms with E-state index in [0.717, 1.165) is 37.8 Å². The molecule has 0 radical (unpaired) electrons. The number of carboxylic acid groups (broad SMARTS) is 1. The predicted octanol–water partition coefficient (Wildman–Crippen LogP) is 7.39. The van der Waals surface area contributed by atoms with Crippen molar-refractivity contribution in [3.63, 3.8) is 0 Å². The Labute approximate surface area is 266 Å². The monoisotopic (exact) mass is 608 g/mol. The zero-order valence-corrected chi connectivity index (χ0v) is 28.4. The first-order chi connectivity index (χ1) is 21.0. The van der Waals surface area contributed by atoms with Crippen LogP contribution in [0.5, 0.6) is 0 Å². The van der Waals surface area contributed by atoms with Crippen LogP contribution < -0.4 is 5.32 Å². The van der Waals surface area contributed by atoms with Crippen molar-refractivity contribution in [2.24, 2.45) is 45.8 Å². The molecule has 0 spiro atoms. The van der Waals surface area contributed by atoms with Crippen LogP contribution in [-0.4, -0.2) is 60.3 Å². The van der Waals surface area contributed by atoms with E-state index in [2.05, 4.69) is 52.1 Å². The lowest BCUT2D eigenvalue weighted by molar-refractivity contribution is -0.212. The summed E-state index contributed by atoms with van der Waals surface area (Å²) in [5, 5.41) is 13.4. The first kappa shape index (κ1) is 32.3. The Balaban J connectivity index is 1.21. The minimum Gasteiger partial charge on any atom is -0.481 e. The van der Waals surface area contributed by atoms with Gasteiger partial charge in [0.25, 0.3) is 0 Å². The van der Waals surface area contributed by atoms with Crippen molar-refractivity contribution in [3.05, 3.63) is 23.3 Å². The van der Waals surface area contributed by atoms with E-state index >= 15 is 0 Å². The number of morpholine rings is 1. The summed E-state index contributed by atoms with van der Waals surface area (Å²) in [7, 11) is 0. The first-order valence-electron chi connectivity index (χ1n) is 18.2. The molecule has 246 valence electrons. The molecule has 2 N–H and O–H groups in total. The van der Waals surface area contributed by atoms with Crippen molar-refractivity contribution in [2.75, 3.05) is 32.8 Å². The van der Waals surface area contributed by atoms with Crippen LogP contribution in [0.25, 0.3) is 0 Å². The average molecular weight is 609 g/mol. The number of allylic oxidation sites excluding steroid dienone is 4. The third-order valence-corrected chi connectivity index (χ3v) is 14.9. The van der Waals surface area contributed by atoms with Gasteiger partial charge in [0.15, 0.2) is 0 Å². The number of nitrogens with one attached hydrogen (secondary N) is 1. The van der Waals surface area contributed by atoms with E-state index in [4.69, 9.17) is 4.74 Å². The van der Waals surface area contributed by atoms with E-state index in [-0.39, 0.29) is 17.9 Å². The van der Waals surface area contributed by atoms with E-state index in [1.165, 1.54) is 68.9 Å². The molecule has 0 bridgehead atoms. The molecule has 0 aromatic rings. The topological polar surface area (TPSA) is 78.9 Å². The highest BCUT2D eigenvalue weighted by Gasteiger charge is 2.68. The lowest BCUT2D eigenvalue weighted by Crippen LogP contribution is -2.67. The van der Waals surface area contributed by atoms with Crippen molar-refractivity contribution >= 4 is 11.9 Å². The minimum absolute atomic E-state index is 0.130. The van der Waals surface area contributed by atoms with E-state index in [0.29, 0.717) is 60.2 Å². The Kier molecular flexibility index (Phi) is 8.93. The third-order valence-electron chi connectivity index (χ3n) is 14.9. The van der Waals surface area contributed by atoms with Gasteiger partial charge in [-0.05, 0) is 128 Å². The molecule has 6 heteroatoms. The Morgan fingerprint density at radius 3 is 2.48 bits per heavy atom. The second-order valence-electron chi connectivity index (χ2n) is 16.4. The molecule has 0 aromatic heterocycles. The number of hydrogen-bond donors (Lipinski definition) is 2. The Bertz CT molecular complexity index is 1170. The summed E-state index contributed by atoms with van der Waals surface area (Å²) in [6, 6.07) is 0. The van der Waals surface area contributed by atoms with Crippen LogP contribution in [0.3, 0.4) is 0 Å². The van der Waals surface area contributed by atoms with Gasteiger partial charge in [-0.25, -0.2) is 0 Å². The summed E-state index contributed by atoms with van der Waals surface area (Å²) >= 11 is 0. The maximum atomic E-state index is 13.1. The van der Waals surface area contributed by atoms with Crippen LogP contribution in [0.4, 0.5) is 0 Å². The lowest BCUT2D eigenvalue weighted by Gasteiger charge is -2.71. The quantitative estimate of drug-likeness (QED) is 0.300. The highest BCUT2D eigenvalue weighted by atomic mass is 16.5. The zero-order valence-electron chi connectivity index (χ0n) is 28.4. The van der Waals surface area contributed by atoms with Gasteiger partial charge >= 0.3 is 5.97 Å². The summed E-state index contributed by atoms with van der Waals surface area (Å²) in [5.41, 5.74) is 3.83. The van der Waals surface area contributed by atoms with Crippen molar-refractivity contribution in [2.45, 2.75) is 124 Å². The molecule has 1 amide bonds. The van der Waals surface area contributed by atoms with E-state index in [1.807, 2.05) is 4.90 Å². The maximum absolute atomic E-state index is 13.1. The van der Waals surface area contributed by atoms with Crippen LogP contribution in [0, 0.1) is 45.8 Å². The molecule has 44 heavy (non-hydrogen) atoms. The Morgan fingerprint density at radius 2 is 1.75 bits per heavy atom. The molecule has 9 atom stereocenters. The second kappa shape index (κ2) is 12.2. The normalized spacial score (nSPS) is 43.8. The molecular formula is C38H60N2O4. The Morgan fingerprint density at radius 1 is 0.977 bits per heavy atom. The van der Waals surface area contributed by atoms with Crippen LogP contribution >= 0.6 is 0 Å². The highest BCUT2D eigenvalue weighted by molar-refractivity contribution is 5.78. The van der Waals surface area contributed by atoms with E-state index in [9.17, 15) is 14.7 Å². The summed E-state index contributed by atoms with van der Waals surface area (Å²) in [6.07, 6.45) is 19.4. The van der Waals surface area contributed by atoms with Gasteiger partial charge in [0.05, 0.1) is 19.8 Å². The molecule has 6 aliphatic rings. The summed E-state index contributed by atoms with van der Waals surface area (Å²) in [6.45, 7) is 15.9. The number of nitrogens with zero attached hydrogens (tertiary/aromatic N) is 1. The van der Waals surface area contributed by atoms with Gasteiger partial charge in [-0.15, -0.1) is 0 Å². The molecule has 5 fully saturated rings. The molecule has 6 nitrogen and oxygen atoms in total. The van der Waals surface area contributed by atoms with Gasteiger partial charge in [-0.3, -0.25) is 9.59 Å². The van der Waals surface area contributed by atoms with Gasteiger partial charge in [0, 0.05) is 25.0 Å². The van der Waals surface area contributed by atoms with Gasteiger partial charge < -0.3 is 20.1 Å². The number of carbonyl (C=O) groups excluding carboxylic acids is 1. The first-order valence-corrected chi connectivity index (χ1v) is 18.2. The molecule has 1 heterocycles. The molecule has 4 saturated carbocycles. The van der Waals surface area contributed by atoms with Gasteiger partial charge in [-0.1, -0.05) is 53.2 Å².